The molecule has 1 fully saturated rings. The molecule has 4 rings (SSSR count). The van der Waals surface area contributed by atoms with Crippen molar-refractivity contribution in [3.63, 3.8) is 0 Å². The molecule has 0 N–H and O–H groups in total. The SMILES string of the molecule is CCOC(=O)c1ccc(S(=O)(=O)N2CCN(C(=O)c3ccccc3OCc3c(C)noc3C)CC2)cc1. The summed E-state index contributed by atoms with van der Waals surface area (Å²) in [6.45, 7) is 6.55. The van der Waals surface area contributed by atoms with Gasteiger partial charge in [-0.2, -0.15) is 4.31 Å². The van der Waals surface area contributed by atoms with Gasteiger partial charge in [0.25, 0.3) is 5.91 Å². The molecular weight excluding hydrogens is 498 g/mol. The van der Waals surface area contributed by atoms with Crippen LogP contribution in [0.3, 0.4) is 0 Å². The van der Waals surface area contributed by atoms with Gasteiger partial charge in [-0.3, -0.25) is 4.79 Å². The summed E-state index contributed by atoms with van der Waals surface area (Å²) in [5, 5.41) is 3.92. The number of hydrogen-bond acceptors (Lipinski definition) is 8. The fraction of sp³-hybridized carbons (Fsp3) is 0.346. The minimum Gasteiger partial charge on any atom is -0.488 e. The fourth-order valence-electron chi connectivity index (χ4n) is 4.06. The minimum absolute atomic E-state index is 0.0818. The number of piperazine rings is 1. The first-order chi connectivity index (χ1) is 17.7. The molecular formula is C26H29N3O7S. The number of para-hydroxylation sites is 1. The molecule has 1 saturated heterocycles. The van der Waals surface area contributed by atoms with Gasteiger partial charge in [-0.15, -0.1) is 0 Å². The quantitative estimate of drug-likeness (QED) is 0.410. The first kappa shape index (κ1) is 26.4. The lowest BCUT2D eigenvalue weighted by atomic mass is 10.1. The standard InChI is InChI=1S/C26H29N3O7S/c1-4-34-26(31)20-9-11-21(12-10-20)37(32,33)29-15-13-28(14-16-29)25(30)22-7-5-6-8-24(22)35-17-23-18(2)27-36-19(23)3/h5-12H,4,13-17H2,1-3H3. The second-order valence-electron chi connectivity index (χ2n) is 8.53. The maximum Gasteiger partial charge on any atom is 0.338 e. The second kappa shape index (κ2) is 11.1. The van der Waals surface area contributed by atoms with E-state index in [-0.39, 0.29) is 55.8 Å². The van der Waals surface area contributed by atoms with Crippen LogP contribution in [0.5, 0.6) is 5.75 Å². The number of ether oxygens (including phenoxy) is 2. The molecule has 1 aliphatic heterocycles. The van der Waals surface area contributed by atoms with E-state index in [0.29, 0.717) is 17.1 Å². The van der Waals surface area contributed by atoms with Crippen molar-refractivity contribution in [1.29, 1.82) is 0 Å². The molecule has 11 heteroatoms. The van der Waals surface area contributed by atoms with Crippen LogP contribution in [0.15, 0.2) is 57.9 Å². The highest BCUT2D eigenvalue weighted by Gasteiger charge is 2.31. The van der Waals surface area contributed by atoms with Crippen molar-refractivity contribution >= 4 is 21.9 Å². The van der Waals surface area contributed by atoms with Crippen molar-refractivity contribution in [3.8, 4) is 5.75 Å². The number of esters is 1. The topological polar surface area (TPSA) is 119 Å². The monoisotopic (exact) mass is 527 g/mol. The van der Waals surface area contributed by atoms with Crippen molar-refractivity contribution in [2.75, 3.05) is 32.8 Å². The summed E-state index contributed by atoms with van der Waals surface area (Å²) < 4.78 is 43.6. The van der Waals surface area contributed by atoms with Crippen LogP contribution in [0.2, 0.25) is 0 Å². The molecule has 3 aromatic rings. The number of sulfonamides is 1. The van der Waals surface area contributed by atoms with Gasteiger partial charge in [0.15, 0.2) is 0 Å². The van der Waals surface area contributed by atoms with Gasteiger partial charge in [0.1, 0.15) is 18.1 Å². The fourth-order valence-corrected chi connectivity index (χ4v) is 5.48. The average molecular weight is 528 g/mol. The predicted molar refractivity (Wildman–Crippen MR) is 134 cm³/mol. The zero-order chi connectivity index (χ0) is 26.6. The Balaban J connectivity index is 1.40. The molecule has 0 saturated carbocycles. The van der Waals surface area contributed by atoms with Crippen LogP contribution in [-0.4, -0.2) is 67.4 Å². The molecule has 37 heavy (non-hydrogen) atoms. The molecule has 0 spiro atoms. The number of aryl methyl sites for hydroxylation is 2. The molecule has 1 amide bonds. The van der Waals surface area contributed by atoms with Crippen LogP contribution in [0.25, 0.3) is 0 Å². The molecule has 0 aliphatic carbocycles. The maximum atomic E-state index is 13.3. The van der Waals surface area contributed by atoms with E-state index in [9.17, 15) is 18.0 Å². The van der Waals surface area contributed by atoms with E-state index < -0.39 is 16.0 Å². The number of nitrogens with zero attached hydrogens (tertiary/aromatic N) is 3. The van der Waals surface area contributed by atoms with Gasteiger partial charge in [0.2, 0.25) is 10.0 Å². The summed E-state index contributed by atoms with van der Waals surface area (Å²) in [5.41, 5.74) is 2.25. The van der Waals surface area contributed by atoms with E-state index in [1.807, 2.05) is 6.92 Å². The highest BCUT2D eigenvalue weighted by molar-refractivity contribution is 7.89. The Morgan fingerprint density at radius 1 is 1.00 bits per heavy atom. The van der Waals surface area contributed by atoms with Crippen LogP contribution in [-0.2, 0) is 21.4 Å². The number of carbonyl (C=O) groups excluding carboxylic acids is 2. The molecule has 1 aromatic heterocycles. The smallest absolute Gasteiger partial charge is 0.338 e. The van der Waals surface area contributed by atoms with Crippen molar-refractivity contribution in [2.45, 2.75) is 32.3 Å². The van der Waals surface area contributed by atoms with Crippen LogP contribution < -0.4 is 4.74 Å². The average Bonchev–Trinajstić information content (AvgIpc) is 3.24. The number of rotatable bonds is 8. The molecule has 1 aliphatic rings. The molecule has 2 heterocycles. The summed E-state index contributed by atoms with van der Waals surface area (Å²) in [5.74, 6) is 0.359. The van der Waals surface area contributed by atoms with E-state index in [1.165, 1.54) is 28.6 Å². The lowest BCUT2D eigenvalue weighted by Crippen LogP contribution is -2.50. The van der Waals surface area contributed by atoms with Gasteiger partial charge in [-0.25, -0.2) is 13.2 Å². The van der Waals surface area contributed by atoms with Gasteiger partial charge < -0.3 is 18.9 Å². The van der Waals surface area contributed by atoms with Crippen molar-refractivity contribution in [1.82, 2.24) is 14.4 Å². The molecule has 196 valence electrons. The molecule has 0 radical (unpaired) electrons. The summed E-state index contributed by atoms with van der Waals surface area (Å²) in [6, 6.07) is 12.6. The second-order valence-corrected chi connectivity index (χ2v) is 10.5. The summed E-state index contributed by atoms with van der Waals surface area (Å²) in [4.78, 5) is 26.8. The van der Waals surface area contributed by atoms with Gasteiger partial charge in [-0.1, -0.05) is 17.3 Å². The summed E-state index contributed by atoms with van der Waals surface area (Å²) >= 11 is 0. The number of carbonyl (C=O) groups is 2. The zero-order valence-corrected chi connectivity index (χ0v) is 21.8. The number of amides is 1. The zero-order valence-electron chi connectivity index (χ0n) is 21.0. The Morgan fingerprint density at radius 2 is 1.68 bits per heavy atom. The summed E-state index contributed by atoms with van der Waals surface area (Å²) in [7, 11) is -3.78. The van der Waals surface area contributed by atoms with E-state index in [1.54, 1.807) is 43.0 Å². The lowest BCUT2D eigenvalue weighted by molar-refractivity contribution is 0.0526. The summed E-state index contributed by atoms with van der Waals surface area (Å²) in [6.07, 6.45) is 0. The Bertz CT molecular complexity index is 1360. The first-order valence-electron chi connectivity index (χ1n) is 11.9. The van der Waals surface area contributed by atoms with Crippen LogP contribution in [0.1, 0.15) is 44.7 Å². The van der Waals surface area contributed by atoms with E-state index in [2.05, 4.69) is 5.16 Å². The van der Waals surface area contributed by atoms with E-state index in [0.717, 1.165) is 11.3 Å². The highest BCUT2D eigenvalue weighted by Crippen LogP contribution is 2.25. The molecule has 0 bridgehead atoms. The van der Waals surface area contributed by atoms with Gasteiger partial charge >= 0.3 is 5.97 Å². The van der Waals surface area contributed by atoms with Gasteiger partial charge in [0.05, 0.1) is 33.9 Å². The normalized spacial score (nSPS) is 14.4. The largest absolute Gasteiger partial charge is 0.488 e. The van der Waals surface area contributed by atoms with Crippen molar-refractivity contribution in [3.05, 3.63) is 76.7 Å². The molecule has 0 atom stereocenters. The third-order valence-electron chi connectivity index (χ3n) is 6.20. The third-order valence-corrected chi connectivity index (χ3v) is 8.11. The van der Waals surface area contributed by atoms with Crippen LogP contribution in [0.4, 0.5) is 0 Å². The molecule has 10 nitrogen and oxygen atoms in total. The van der Waals surface area contributed by atoms with Crippen molar-refractivity contribution < 1.29 is 32.0 Å². The van der Waals surface area contributed by atoms with E-state index >= 15 is 0 Å². The molecule has 0 unspecified atom stereocenters. The third kappa shape index (κ3) is 5.67. The number of benzene rings is 2. The van der Waals surface area contributed by atoms with Gasteiger partial charge in [-0.05, 0) is 57.2 Å². The first-order valence-corrected chi connectivity index (χ1v) is 13.4. The van der Waals surface area contributed by atoms with E-state index in [4.69, 9.17) is 14.0 Å². The predicted octanol–water partition coefficient (Wildman–Crippen LogP) is 3.19. The number of hydrogen-bond donors (Lipinski definition) is 0. The van der Waals surface area contributed by atoms with Crippen LogP contribution in [0, 0.1) is 13.8 Å². The number of aromatic nitrogens is 1. The highest BCUT2D eigenvalue weighted by atomic mass is 32.2. The minimum atomic E-state index is -3.78. The lowest BCUT2D eigenvalue weighted by Gasteiger charge is -2.34. The van der Waals surface area contributed by atoms with Gasteiger partial charge in [0, 0.05) is 26.2 Å². The van der Waals surface area contributed by atoms with Crippen LogP contribution >= 0.6 is 0 Å². The maximum absolute atomic E-state index is 13.3. The Kier molecular flexibility index (Phi) is 7.94. The Hall–Kier alpha value is -3.70. The van der Waals surface area contributed by atoms with Crippen molar-refractivity contribution in [2.24, 2.45) is 0 Å². The Labute approximate surface area is 215 Å². The molecule has 2 aromatic carbocycles. The Morgan fingerprint density at radius 3 is 2.30 bits per heavy atom.